The van der Waals surface area contributed by atoms with Gasteiger partial charge in [-0.2, -0.15) is 0 Å². The van der Waals surface area contributed by atoms with Gasteiger partial charge < -0.3 is 5.32 Å². The Labute approximate surface area is 104 Å². The Morgan fingerprint density at radius 3 is 2.59 bits per heavy atom. The Hall–Kier alpha value is -1.68. The van der Waals surface area contributed by atoms with Gasteiger partial charge in [-0.3, -0.25) is 0 Å². The third kappa shape index (κ3) is 3.39. The molecule has 1 N–H and O–H groups in total. The normalized spacial score (nSPS) is 10.2. The molecular weight excluding hydrogens is 241 g/mol. The first-order chi connectivity index (χ1) is 8.28. The first kappa shape index (κ1) is 11.8. The third-order valence-corrected chi connectivity index (χ3v) is 2.53. The quantitative estimate of drug-likeness (QED) is 0.849. The highest BCUT2D eigenvalue weighted by Gasteiger charge is 1.98. The summed E-state index contributed by atoms with van der Waals surface area (Å²) in [5.74, 6) is 0.448. The lowest BCUT2D eigenvalue weighted by Crippen LogP contribution is -2.03. The summed E-state index contributed by atoms with van der Waals surface area (Å²) in [6.07, 6.45) is 2.26. The molecule has 0 radical (unpaired) electrons. The molecule has 88 valence electrons. The Balaban J connectivity index is 1.99. The molecule has 0 fully saturated rings. The first-order valence-electron chi connectivity index (χ1n) is 5.13. The maximum Gasteiger partial charge on any atom is 0.223 e. The molecule has 0 saturated carbocycles. The molecule has 1 aromatic heterocycles. The van der Waals surface area contributed by atoms with Crippen LogP contribution in [0.1, 0.15) is 11.1 Å². The van der Waals surface area contributed by atoms with E-state index >= 15 is 0 Å². The van der Waals surface area contributed by atoms with E-state index in [2.05, 4.69) is 15.3 Å². The van der Waals surface area contributed by atoms with Crippen molar-refractivity contribution in [3.63, 3.8) is 0 Å². The molecule has 2 rings (SSSR count). The molecule has 0 bridgehead atoms. The van der Waals surface area contributed by atoms with Gasteiger partial charge in [0.25, 0.3) is 0 Å². The molecule has 0 aliphatic carbocycles. The number of nitrogens with zero attached hydrogens (tertiary/aromatic N) is 2. The Morgan fingerprint density at radius 2 is 1.88 bits per heavy atom. The zero-order chi connectivity index (χ0) is 12.1. The lowest BCUT2D eigenvalue weighted by Gasteiger charge is -2.05. The lowest BCUT2D eigenvalue weighted by molar-refractivity contribution is 0.614. The van der Waals surface area contributed by atoms with E-state index in [1.165, 1.54) is 0 Å². The van der Waals surface area contributed by atoms with E-state index in [1.807, 2.05) is 24.3 Å². The highest BCUT2D eigenvalue weighted by molar-refractivity contribution is 6.17. The van der Waals surface area contributed by atoms with Crippen molar-refractivity contribution in [1.82, 2.24) is 9.97 Å². The molecule has 1 aromatic carbocycles. The standard InChI is InChI=1S/C12H11ClFN3/c13-5-9-2-1-3-10(4-9)6-15-12-16-7-11(14)8-17-12/h1-4,7-8H,5-6H2,(H,15,16,17). The van der Waals surface area contributed by atoms with Crippen LogP contribution < -0.4 is 5.32 Å². The smallest absolute Gasteiger partial charge is 0.223 e. The summed E-state index contributed by atoms with van der Waals surface area (Å²) in [6.45, 7) is 0.580. The van der Waals surface area contributed by atoms with Crippen molar-refractivity contribution in [2.24, 2.45) is 0 Å². The van der Waals surface area contributed by atoms with E-state index in [1.54, 1.807) is 0 Å². The molecule has 0 aliphatic heterocycles. The van der Waals surface area contributed by atoms with Crippen LogP contribution in [0.4, 0.5) is 10.3 Å². The highest BCUT2D eigenvalue weighted by Crippen LogP contribution is 2.09. The summed E-state index contributed by atoms with van der Waals surface area (Å²) in [4.78, 5) is 7.63. The fourth-order valence-corrected chi connectivity index (χ4v) is 1.57. The van der Waals surface area contributed by atoms with E-state index in [9.17, 15) is 4.39 Å². The minimum Gasteiger partial charge on any atom is -0.350 e. The first-order valence-corrected chi connectivity index (χ1v) is 5.66. The summed E-state index contributed by atoms with van der Waals surface area (Å²) in [6, 6.07) is 7.89. The predicted molar refractivity (Wildman–Crippen MR) is 65.3 cm³/mol. The van der Waals surface area contributed by atoms with E-state index in [-0.39, 0.29) is 0 Å². The zero-order valence-electron chi connectivity index (χ0n) is 9.03. The fourth-order valence-electron chi connectivity index (χ4n) is 1.41. The molecule has 1 heterocycles. The van der Waals surface area contributed by atoms with Crippen molar-refractivity contribution in [3.05, 3.63) is 53.6 Å². The van der Waals surface area contributed by atoms with Gasteiger partial charge in [-0.1, -0.05) is 24.3 Å². The van der Waals surface area contributed by atoms with Gasteiger partial charge in [0.15, 0.2) is 5.82 Å². The van der Waals surface area contributed by atoms with Gasteiger partial charge in [0, 0.05) is 12.4 Å². The number of alkyl halides is 1. The van der Waals surface area contributed by atoms with Crippen molar-refractivity contribution in [2.45, 2.75) is 12.4 Å². The maximum absolute atomic E-state index is 12.6. The minimum atomic E-state index is -0.445. The average Bonchev–Trinajstić information content (AvgIpc) is 2.38. The number of hydrogen-bond donors (Lipinski definition) is 1. The van der Waals surface area contributed by atoms with Crippen molar-refractivity contribution < 1.29 is 4.39 Å². The molecule has 0 spiro atoms. The average molecular weight is 252 g/mol. The van der Waals surface area contributed by atoms with Gasteiger partial charge in [-0.15, -0.1) is 11.6 Å². The van der Waals surface area contributed by atoms with Crippen LogP contribution in [0.2, 0.25) is 0 Å². The van der Waals surface area contributed by atoms with Crippen LogP contribution in [-0.2, 0) is 12.4 Å². The summed E-state index contributed by atoms with van der Waals surface area (Å²) in [5, 5.41) is 3.01. The molecular formula is C12H11ClFN3. The maximum atomic E-state index is 12.6. The molecule has 0 amide bonds. The van der Waals surface area contributed by atoms with Gasteiger partial charge in [-0.25, -0.2) is 14.4 Å². The van der Waals surface area contributed by atoms with Gasteiger partial charge in [0.1, 0.15) is 0 Å². The molecule has 0 saturated heterocycles. The largest absolute Gasteiger partial charge is 0.350 e. The Bertz CT molecular complexity index is 487. The van der Waals surface area contributed by atoms with Crippen LogP contribution in [0.25, 0.3) is 0 Å². The molecule has 17 heavy (non-hydrogen) atoms. The SMILES string of the molecule is Fc1cnc(NCc2cccc(CCl)c2)nc1. The molecule has 5 heteroatoms. The summed E-state index contributed by atoms with van der Waals surface area (Å²) in [7, 11) is 0. The fraction of sp³-hybridized carbons (Fsp3) is 0.167. The van der Waals surface area contributed by atoms with Crippen LogP contribution in [0, 0.1) is 5.82 Å². The summed E-state index contributed by atoms with van der Waals surface area (Å²) < 4.78 is 12.6. The van der Waals surface area contributed by atoms with Crippen LogP contribution in [0.3, 0.4) is 0 Å². The number of rotatable bonds is 4. The molecule has 0 aliphatic rings. The van der Waals surface area contributed by atoms with Crippen molar-refractivity contribution in [3.8, 4) is 0 Å². The number of benzene rings is 1. The van der Waals surface area contributed by atoms with Gasteiger partial charge in [0.05, 0.1) is 12.4 Å². The predicted octanol–water partition coefficient (Wildman–Crippen LogP) is 2.97. The van der Waals surface area contributed by atoms with Gasteiger partial charge >= 0.3 is 0 Å². The van der Waals surface area contributed by atoms with Crippen LogP contribution in [0.5, 0.6) is 0 Å². The van der Waals surface area contributed by atoms with Crippen LogP contribution >= 0.6 is 11.6 Å². The Kier molecular flexibility index (Phi) is 3.88. The van der Waals surface area contributed by atoms with Crippen molar-refractivity contribution in [2.75, 3.05) is 5.32 Å². The second-order valence-corrected chi connectivity index (χ2v) is 3.80. The minimum absolute atomic E-state index is 0.405. The van der Waals surface area contributed by atoms with Crippen molar-refractivity contribution in [1.29, 1.82) is 0 Å². The van der Waals surface area contributed by atoms with E-state index < -0.39 is 5.82 Å². The third-order valence-electron chi connectivity index (χ3n) is 2.22. The second kappa shape index (κ2) is 5.59. The van der Waals surface area contributed by atoms with E-state index in [4.69, 9.17) is 11.6 Å². The Morgan fingerprint density at radius 1 is 1.18 bits per heavy atom. The zero-order valence-corrected chi connectivity index (χ0v) is 9.78. The van der Waals surface area contributed by atoms with Gasteiger partial charge in [-0.05, 0) is 11.1 Å². The van der Waals surface area contributed by atoms with Crippen molar-refractivity contribution >= 4 is 17.5 Å². The lowest BCUT2D eigenvalue weighted by atomic mass is 10.1. The topological polar surface area (TPSA) is 37.8 Å². The number of aromatic nitrogens is 2. The molecule has 2 aromatic rings. The van der Waals surface area contributed by atoms with Crippen LogP contribution in [-0.4, -0.2) is 9.97 Å². The molecule has 0 unspecified atom stereocenters. The van der Waals surface area contributed by atoms with E-state index in [0.29, 0.717) is 18.4 Å². The van der Waals surface area contributed by atoms with E-state index in [0.717, 1.165) is 23.5 Å². The number of anilines is 1. The van der Waals surface area contributed by atoms with Gasteiger partial charge in [0.2, 0.25) is 5.95 Å². The number of hydrogen-bond acceptors (Lipinski definition) is 3. The monoisotopic (exact) mass is 251 g/mol. The van der Waals surface area contributed by atoms with Crippen LogP contribution in [0.15, 0.2) is 36.7 Å². The second-order valence-electron chi connectivity index (χ2n) is 3.53. The number of halogens is 2. The summed E-state index contributed by atoms with van der Waals surface area (Å²) in [5.41, 5.74) is 2.14. The molecule has 3 nitrogen and oxygen atoms in total. The number of nitrogens with one attached hydrogen (secondary N) is 1. The highest BCUT2D eigenvalue weighted by atomic mass is 35.5. The summed E-state index contributed by atoms with van der Waals surface area (Å²) >= 11 is 5.75. The molecule has 0 atom stereocenters.